The van der Waals surface area contributed by atoms with Crippen LogP contribution in [0.4, 0.5) is 0 Å². The Kier molecular flexibility index (Phi) is 7.32. The van der Waals surface area contributed by atoms with Crippen LogP contribution >= 0.6 is 0 Å². The topological polar surface area (TPSA) is 126 Å². The minimum Gasteiger partial charge on any atom is -0.496 e. The molecule has 3 rings (SSSR count). The molecule has 0 atom stereocenters. The van der Waals surface area contributed by atoms with Crippen molar-refractivity contribution in [1.82, 2.24) is 15.0 Å². The van der Waals surface area contributed by atoms with Crippen LogP contribution in [-0.2, 0) is 0 Å². The van der Waals surface area contributed by atoms with E-state index in [0.29, 0.717) is 34.6 Å². The van der Waals surface area contributed by atoms with Gasteiger partial charge in [0.15, 0.2) is 0 Å². The summed E-state index contributed by atoms with van der Waals surface area (Å²) in [5.41, 5.74) is 15.9. The van der Waals surface area contributed by atoms with Gasteiger partial charge in [0.05, 0.1) is 20.4 Å². The van der Waals surface area contributed by atoms with Gasteiger partial charge in [0.1, 0.15) is 34.6 Å². The maximum atomic E-state index is 6.17. The molecule has 3 aromatic rings. The fraction of sp³-hybridized carbons (Fsp3) is 0.333. The average Bonchev–Trinajstić information content (AvgIpc) is 3.27. The molecule has 0 fully saturated rings. The highest BCUT2D eigenvalue weighted by molar-refractivity contribution is 5.99. The Balaban J connectivity index is 2.02. The van der Waals surface area contributed by atoms with E-state index in [4.69, 9.17) is 20.9 Å². The van der Waals surface area contributed by atoms with Crippen molar-refractivity contribution < 1.29 is 9.47 Å². The molecule has 0 aliphatic carbocycles. The van der Waals surface area contributed by atoms with E-state index < -0.39 is 0 Å². The second kappa shape index (κ2) is 10.2. The number of methoxy groups -OCH3 is 2. The first-order chi connectivity index (χ1) is 15.7. The summed E-state index contributed by atoms with van der Waals surface area (Å²) >= 11 is 0. The summed E-state index contributed by atoms with van der Waals surface area (Å²) < 4.78 is 12.8. The molecule has 0 bridgehead atoms. The first-order valence-electron chi connectivity index (χ1n) is 10.7. The van der Waals surface area contributed by atoms with Crippen LogP contribution in [0.3, 0.4) is 0 Å². The molecule has 33 heavy (non-hydrogen) atoms. The second-order valence-corrected chi connectivity index (χ2v) is 8.07. The molecule has 174 valence electrons. The van der Waals surface area contributed by atoms with Crippen LogP contribution in [0, 0.1) is 0 Å². The van der Waals surface area contributed by atoms with E-state index in [2.05, 4.69) is 20.3 Å². The number of hydrogen-bond donors (Lipinski definition) is 2. The van der Waals surface area contributed by atoms with E-state index in [1.807, 2.05) is 64.1 Å². The fourth-order valence-electron chi connectivity index (χ4n) is 3.30. The maximum absolute atomic E-state index is 6.17. The summed E-state index contributed by atoms with van der Waals surface area (Å²) in [5, 5.41) is 8.65. The summed E-state index contributed by atoms with van der Waals surface area (Å²) in [7, 11) is 3.21. The Hall–Kier alpha value is -3.88. The molecule has 9 nitrogen and oxygen atoms in total. The lowest BCUT2D eigenvalue weighted by Crippen LogP contribution is -2.16. The lowest BCUT2D eigenvalue weighted by Gasteiger charge is -2.11. The Morgan fingerprint density at radius 2 is 1.42 bits per heavy atom. The predicted octanol–water partition coefficient (Wildman–Crippen LogP) is 3.18. The van der Waals surface area contributed by atoms with Gasteiger partial charge in [-0.1, -0.05) is 5.21 Å². The quantitative estimate of drug-likeness (QED) is 0.402. The molecule has 0 radical (unpaired) electrons. The smallest absolute Gasteiger partial charge is 0.145 e. The summed E-state index contributed by atoms with van der Waals surface area (Å²) in [6.45, 7) is 7.90. The van der Waals surface area contributed by atoms with Gasteiger partial charge in [-0.25, -0.2) is 4.68 Å². The number of aromatic nitrogens is 3. The Labute approximate surface area is 194 Å². The summed E-state index contributed by atoms with van der Waals surface area (Å²) in [5.74, 6) is 2.17. The third kappa shape index (κ3) is 5.49. The zero-order valence-electron chi connectivity index (χ0n) is 19.9. The molecule has 9 heteroatoms. The second-order valence-electron chi connectivity index (χ2n) is 8.07. The molecular formula is C24H31N7O2. The molecule has 0 spiro atoms. The van der Waals surface area contributed by atoms with Crippen LogP contribution in [0.2, 0.25) is 0 Å². The zero-order valence-corrected chi connectivity index (χ0v) is 19.9. The number of nitrogens with two attached hydrogens (primary N) is 2. The van der Waals surface area contributed by atoms with Gasteiger partial charge in [0, 0.05) is 28.8 Å². The number of rotatable bonds is 8. The molecule has 0 aliphatic rings. The van der Waals surface area contributed by atoms with Gasteiger partial charge >= 0.3 is 0 Å². The molecule has 2 aromatic carbocycles. The molecule has 0 saturated heterocycles. The van der Waals surface area contributed by atoms with Crippen molar-refractivity contribution in [2.24, 2.45) is 21.5 Å². The van der Waals surface area contributed by atoms with Gasteiger partial charge in [0.2, 0.25) is 0 Å². The molecular weight excluding hydrogens is 418 g/mol. The molecule has 0 saturated carbocycles. The third-order valence-electron chi connectivity index (χ3n) is 4.78. The molecule has 4 N–H and O–H groups in total. The van der Waals surface area contributed by atoms with E-state index in [1.54, 1.807) is 25.1 Å². The van der Waals surface area contributed by atoms with Gasteiger partial charge in [0.25, 0.3) is 0 Å². The third-order valence-corrected chi connectivity index (χ3v) is 4.78. The summed E-state index contributed by atoms with van der Waals surface area (Å²) in [6, 6.07) is 11.4. The van der Waals surface area contributed by atoms with Gasteiger partial charge in [-0.2, -0.15) is 0 Å². The number of ether oxygens (including phenoxy) is 2. The van der Waals surface area contributed by atoms with Gasteiger partial charge < -0.3 is 20.9 Å². The molecule has 0 amide bonds. The summed E-state index contributed by atoms with van der Waals surface area (Å²) in [6.07, 6.45) is 1.81. The van der Waals surface area contributed by atoms with E-state index in [1.165, 1.54) is 0 Å². The van der Waals surface area contributed by atoms with Crippen molar-refractivity contribution in [2.45, 2.75) is 39.8 Å². The van der Waals surface area contributed by atoms with Crippen molar-refractivity contribution in [2.75, 3.05) is 14.2 Å². The highest BCUT2D eigenvalue weighted by Gasteiger charge is 2.16. The zero-order chi connectivity index (χ0) is 24.1. The first-order valence-corrected chi connectivity index (χ1v) is 10.7. The minimum absolute atomic E-state index is 0.0893. The molecule has 0 aliphatic heterocycles. The van der Waals surface area contributed by atoms with Gasteiger partial charge in [-0.15, -0.1) is 5.10 Å². The van der Waals surface area contributed by atoms with Gasteiger partial charge in [-0.05, 0) is 64.1 Å². The van der Waals surface area contributed by atoms with Gasteiger partial charge in [-0.3, -0.25) is 9.98 Å². The normalized spacial score (nSPS) is 12.5. The van der Waals surface area contributed by atoms with Crippen LogP contribution in [0.1, 0.15) is 38.8 Å². The highest BCUT2D eigenvalue weighted by Crippen LogP contribution is 2.31. The molecule has 1 aromatic heterocycles. The Morgan fingerprint density at radius 1 is 0.848 bits per heavy atom. The standard InChI is InChI=1S/C24H31N7O2/c1-14(2)27-23(25)16-8-10-21(32-5)18(11-16)19-13-31(30-29-19)20-9-7-17(12-22(20)33-6)24(26)28-15(3)4/h7-15H,1-6H3,(H2,25,27)(H2,26,28). The van der Waals surface area contributed by atoms with E-state index in [0.717, 1.165) is 16.7 Å². The van der Waals surface area contributed by atoms with Crippen LogP contribution in [0.25, 0.3) is 16.9 Å². The van der Waals surface area contributed by atoms with Crippen LogP contribution in [0.15, 0.2) is 52.6 Å². The van der Waals surface area contributed by atoms with Crippen molar-refractivity contribution in [1.29, 1.82) is 0 Å². The average molecular weight is 450 g/mol. The summed E-state index contributed by atoms with van der Waals surface area (Å²) in [4.78, 5) is 8.83. The van der Waals surface area contributed by atoms with Crippen LogP contribution in [-0.4, -0.2) is 53.0 Å². The van der Waals surface area contributed by atoms with Crippen molar-refractivity contribution in [3.05, 3.63) is 53.7 Å². The minimum atomic E-state index is 0.0893. The largest absolute Gasteiger partial charge is 0.496 e. The first kappa shape index (κ1) is 23.8. The van der Waals surface area contributed by atoms with Crippen LogP contribution < -0.4 is 20.9 Å². The number of hydrogen-bond acceptors (Lipinski definition) is 6. The van der Waals surface area contributed by atoms with E-state index in [9.17, 15) is 0 Å². The number of aliphatic imine (C=N–C) groups is 2. The predicted molar refractivity (Wildman–Crippen MR) is 132 cm³/mol. The Morgan fingerprint density at radius 3 is 2.00 bits per heavy atom. The number of amidine groups is 2. The number of nitrogens with zero attached hydrogens (tertiary/aromatic N) is 5. The highest BCUT2D eigenvalue weighted by atomic mass is 16.5. The Bertz CT molecular complexity index is 1180. The lowest BCUT2D eigenvalue weighted by atomic mass is 10.1. The molecule has 0 unspecified atom stereocenters. The van der Waals surface area contributed by atoms with Crippen molar-refractivity contribution in [3.8, 4) is 28.4 Å². The molecule has 1 heterocycles. The SMILES string of the molecule is COc1ccc(C(N)=NC(C)C)cc1-c1cn(-c2ccc(C(N)=NC(C)C)cc2OC)nn1. The van der Waals surface area contributed by atoms with Crippen molar-refractivity contribution in [3.63, 3.8) is 0 Å². The lowest BCUT2D eigenvalue weighted by molar-refractivity contribution is 0.411. The fourth-order valence-corrected chi connectivity index (χ4v) is 3.30. The van der Waals surface area contributed by atoms with Crippen molar-refractivity contribution >= 4 is 11.7 Å². The number of benzene rings is 2. The van der Waals surface area contributed by atoms with E-state index in [-0.39, 0.29) is 12.1 Å². The van der Waals surface area contributed by atoms with E-state index >= 15 is 0 Å². The monoisotopic (exact) mass is 449 g/mol. The van der Waals surface area contributed by atoms with Crippen LogP contribution in [0.5, 0.6) is 11.5 Å². The maximum Gasteiger partial charge on any atom is 0.145 e.